The molecule has 2 aromatic carbocycles. The van der Waals surface area contributed by atoms with E-state index in [2.05, 4.69) is 45.4 Å². The molecule has 2 aliphatic heterocycles. The molecular weight excluding hydrogens is 562 g/mol. The number of hydrogen-bond donors (Lipinski definition) is 2. The Kier molecular flexibility index (Phi) is 6.69. The van der Waals surface area contributed by atoms with Gasteiger partial charge in [0.05, 0.1) is 22.2 Å². The molecule has 43 heavy (non-hydrogen) atoms. The zero-order valence-corrected chi connectivity index (χ0v) is 25.6. The van der Waals surface area contributed by atoms with Crippen LogP contribution in [0.4, 0.5) is 27.5 Å². The molecule has 2 N–H and O–H groups in total. The van der Waals surface area contributed by atoms with Crippen molar-refractivity contribution in [2.24, 2.45) is 17.8 Å². The summed E-state index contributed by atoms with van der Waals surface area (Å²) in [5, 5.41) is 14.2. The summed E-state index contributed by atoms with van der Waals surface area (Å²) in [5.41, 5.74) is 3.62. The van der Waals surface area contributed by atoms with E-state index in [1.807, 2.05) is 23.1 Å². The smallest absolute Gasteiger partial charge is 0.322 e. The quantitative estimate of drug-likeness (QED) is 0.528. The first-order valence-corrected chi connectivity index (χ1v) is 17.8. The van der Waals surface area contributed by atoms with E-state index >= 15 is 0 Å². The minimum absolute atomic E-state index is 0.0228. The third-order valence-corrected chi connectivity index (χ3v) is 13.8. The molecule has 4 bridgehead atoms. The van der Waals surface area contributed by atoms with Crippen LogP contribution >= 0.6 is 0 Å². The van der Waals surface area contributed by atoms with Gasteiger partial charge in [0.1, 0.15) is 0 Å². The Bertz CT molecular complexity index is 1470. The molecule has 5 saturated carbocycles. The highest BCUT2D eigenvalue weighted by atomic mass is 32.2. The highest BCUT2D eigenvalue weighted by Crippen LogP contribution is 2.55. The fourth-order valence-electron chi connectivity index (χ4n) is 9.20. The third-order valence-electron chi connectivity index (χ3n) is 11.4. The van der Waals surface area contributed by atoms with Crippen LogP contribution in [0.2, 0.25) is 0 Å². The summed E-state index contributed by atoms with van der Waals surface area (Å²) in [6.45, 7) is 3.77. The summed E-state index contributed by atoms with van der Waals surface area (Å²) in [6.07, 6.45) is 7.47. The fourth-order valence-corrected chi connectivity index (χ4v) is 11.2. The predicted octanol–water partition coefficient (Wildman–Crippen LogP) is 4.30. The minimum Gasteiger partial charge on any atom is -0.390 e. The van der Waals surface area contributed by atoms with Crippen LogP contribution in [0.1, 0.15) is 51.4 Å². The Labute approximate surface area is 254 Å². The maximum Gasteiger partial charge on any atom is 0.322 e. The van der Waals surface area contributed by atoms with Gasteiger partial charge in [0.2, 0.25) is 10.0 Å². The number of rotatable bonds is 5. The van der Waals surface area contributed by atoms with Crippen molar-refractivity contribution in [2.75, 3.05) is 54.0 Å². The molecule has 2 aromatic rings. The number of benzene rings is 2. The molecule has 3 unspecified atom stereocenters. The molecule has 7 aliphatic rings. The molecule has 9 rings (SSSR count). The van der Waals surface area contributed by atoms with Crippen molar-refractivity contribution in [3.63, 3.8) is 0 Å². The zero-order valence-electron chi connectivity index (χ0n) is 24.8. The molecule has 0 aromatic heterocycles. The number of sulfonamides is 1. The standard InChI is InChI=1S/C33H43N5O4S/c39-32(34-31-24-18-23-19-25(31)22-33(40,20-23)21-24)38-17-16-37(29-6-1-2-7-30(29)38)27-10-8-26(9-11-27)35-12-14-36(15-13-35)43(41,42)28-4-3-5-28/h1-2,6-11,23-25,28,31,40H,3-5,12-22H2,(H,34,39)/t23?,24-,25+,31?,33?. The monoisotopic (exact) mass is 605 g/mol. The molecule has 5 aliphatic carbocycles. The lowest BCUT2D eigenvalue weighted by atomic mass is 9.52. The number of carbonyl (C=O) groups excluding carboxylic acids is 1. The maximum absolute atomic E-state index is 13.7. The molecular formula is C33H43N5O4S. The second-order valence-electron chi connectivity index (χ2n) is 14.0. The van der Waals surface area contributed by atoms with Gasteiger partial charge in [-0.1, -0.05) is 18.6 Å². The molecule has 230 valence electrons. The Morgan fingerprint density at radius 1 is 0.814 bits per heavy atom. The predicted molar refractivity (Wildman–Crippen MR) is 168 cm³/mol. The van der Waals surface area contributed by atoms with Crippen molar-refractivity contribution < 1.29 is 18.3 Å². The molecule has 2 amide bonds. The largest absolute Gasteiger partial charge is 0.390 e. The average molecular weight is 606 g/mol. The lowest BCUT2D eigenvalue weighted by Crippen LogP contribution is -2.63. The van der Waals surface area contributed by atoms with Gasteiger partial charge in [-0.05, 0) is 99.1 Å². The fraction of sp³-hybridized carbons (Fsp3) is 0.606. The summed E-state index contributed by atoms with van der Waals surface area (Å²) in [4.78, 5) is 20.2. The van der Waals surface area contributed by atoms with Crippen LogP contribution in [0, 0.1) is 17.8 Å². The summed E-state index contributed by atoms with van der Waals surface area (Å²) >= 11 is 0. The summed E-state index contributed by atoms with van der Waals surface area (Å²) < 4.78 is 27.4. The Morgan fingerprint density at radius 3 is 2.09 bits per heavy atom. The van der Waals surface area contributed by atoms with Gasteiger partial charge in [-0.15, -0.1) is 0 Å². The number of amides is 2. The molecule has 5 atom stereocenters. The Balaban J connectivity index is 0.939. The number of urea groups is 1. The van der Waals surface area contributed by atoms with E-state index in [-0.39, 0.29) is 17.3 Å². The van der Waals surface area contributed by atoms with Crippen molar-refractivity contribution in [2.45, 2.75) is 68.3 Å². The van der Waals surface area contributed by atoms with Gasteiger partial charge in [-0.3, -0.25) is 4.90 Å². The van der Waals surface area contributed by atoms with E-state index in [9.17, 15) is 18.3 Å². The summed E-state index contributed by atoms with van der Waals surface area (Å²) in [6, 6.07) is 16.8. The van der Waals surface area contributed by atoms with Gasteiger partial charge in [-0.2, -0.15) is 4.31 Å². The van der Waals surface area contributed by atoms with Crippen LogP contribution in [0.25, 0.3) is 0 Å². The maximum atomic E-state index is 13.7. The number of piperazine rings is 1. The highest BCUT2D eigenvalue weighted by molar-refractivity contribution is 7.89. The molecule has 1 saturated heterocycles. The number of para-hydroxylation sites is 2. The van der Waals surface area contributed by atoms with Crippen molar-refractivity contribution in [1.29, 1.82) is 0 Å². The van der Waals surface area contributed by atoms with Crippen LogP contribution in [-0.4, -0.2) is 80.0 Å². The van der Waals surface area contributed by atoms with Crippen molar-refractivity contribution in [3.05, 3.63) is 48.5 Å². The van der Waals surface area contributed by atoms with Crippen molar-refractivity contribution in [1.82, 2.24) is 9.62 Å². The van der Waals surface area contributed by atoms with Gasteiger partial charge in [0.15, 0.2) is 0 Å². The van der Waals surface area contributed by atoms with Crippen LogP contribution < -0.4 is 20.0 Å². The van der Waals surface area contributed by atoms with Gasteiger partial charge < -0.3 is 20.2 Å². The van der Waals surface area contributed by atoms with Crippen LogP contribution in [0.15, 0.2) is 48.5 Å². The number of fused-ring (bicyclic) bond motifs is 1. The lowest BCUT2D eigenvalue weighted by molar-refractivity contribution is -0.136. The second kappa shape index (κ2) is 10.4. The topological polar surface area (TPSA) is 96.4 Å². The van der Waals surface area contributed by atoms with Gasteiger partial charge in [0, 0.05) is 56.7 Å². The van der Waals surface area contributed by atoms with Gasteiger partial charge >= 0.3 is 6.03 Å². The summed E-state index contributed by atoms with van der Waals surface area (Å²) in [5.74, 6) is 1.37. The molecule has 0 spiro atoms. The first-order chi connectivity index (χ1) is 20.8. The molecule has 6 fully saturated rings. The van der Waals surface area contributed by atoms with E-state index in [0.29, 0.717) is 57.0 Å². The number of nitrogens with one attached hydrogen (secondary N) is 1. The summed E-state index contributed by atoms with van der Waals surface area (Å²) in [7, 11) is -3.15. The lowest BCUT2D eigenvalue weighted by Gasteiger charge is -2.58. The van der Waals surface area contributed by atoms with E-state index in [1.54, 1.807) is 4.31 Å². The molecule has 2 heterocycles. The molecule has 9 nitrogen and oxygen atoms in total. The van der Waals surface area contributed by atoms with Crippen LogP contribution in [0.3, 0.4) is 0 Å². The number of hydrogen-bond acceptors (Lipinski definition) is 6. The Morgan fingerprint density at radius 2 is 1.47 bits per heavy atom. The van der Waals surface area contributed by atoms with E-state index in [0.717, 1.165) is 74.1 Å². The third kappa shape index (κ3) is 4.80. The number of anilines is 4. The van der Waals surface area contributed by atoms with Crippen LogP contribution in [0.5, 0.6) is 0 Å². The number of aliphatic hydroxyl groups is 1. The van der Waals surface area contributed by atoms with Gasteiger partial charge in [-0.25, -0.2) is 13.2 Å². The second-order valence-corrected chi connectivity index (χ2v) is 16.2. The first kappa shape index (κ1) is 27.7. The van der Waals surface area contributed by atoms with E-state index in [1.165, 1.54) is 0 Å². The van der Waals surface area contributed by atoms with Gasteiger partial charge in [0.25, 0.3) is 0 Å². The first-order valence-electron chi connectivity index (χ1n) is 16.3. The Hall–Kier alpha value is -2.82. The van der Waals surface area contributed by atoms with Crippen molar-refractivity contribution >= 4 is 38.8 Å². The van der Waals surface area contributed by atoms with E-state index < -0.39 is 15.6 Å². The minimum atomic E-state index is -3.15. The number of carbonyl (C=O) groups is 1. The SMILES string of the molecule is O=C(NC1[C@@H]2CC3C[C@H]1CC(O)(C3)C2)N1CCN(c2ccc(N3CCN(S(=O)(=O)C4CCC4)CC3)cc2)c2ccccc21. The highest BCUT2D eigenvalue weighted by Gasteiger charge is 2.55. The van der Waals surface area contributed by atoms with Crippen molar-refractivity contribution in [3.8, 4) is 0 Å². The van der Waals surface area contributed by atoms with Crippen LogP contribution in [-0.2, 0) is 10.0 Å². The molecule has 10 heteroatoms. The average Bonchev–Trinajstić information content (AvgIpc) is 2.96. The number of nitrogens with zero attached hydrogens (tertiary/aromatic N) is 4. The zero-order chi connectivity index (χ0) is 29.3. The normalized spacial score (nSPS) is 32.4. The van der Waals surface area contributed by atoms with E-state index in [4.69, 9.17) is 0 Å². The molecule has 0 radical (unpaired) electrons.